The maximum atomic E-state index is 3.68. The maximum Gasteiger partial charge on any atom is 0.0194 e. The van der Waals surface area contributed by atoms with E-state index in [-0.39, 0.29) is 0 Å². The fourth-order valence-electron chi connectivity index (χ4n) is 1.99. The predicted molar refractivity (Wildman–Crippen MR) is 67.0 cm³/mol. The van der Waals surface area contributed by atoms with E-state index in [4.69, 9.17) is 0 Å². The van der Waals surface area contributed by atoms with Gasteiger partial charge in [0.15, 0.2) is 0 Å². The Labute approximate surface area is 93.4 Å². The highest BCUT2D eigenvalue weighted by atomic mass is 32.2. The van der Waals surface area contributed by atoms with Gasteiger partial charge in [-0.1, -0.05) is 27.2 Å². The Hall–Kier alpha value is 0.310. The average molecular weight is 215 g/mol. The van der Waals surface area contributed by atoms with Gasteiger partial charge < -0.3 is 5.32 Å². The van der Waals surface area contributed by atoms with Crippen molar-refractivity contribution >= 4 is 11.8 Å². The molecule has 0 aliphatic carbocycles. The topological polar surface area (TPSA) is 12.0 Å². The van der Waals surface area contributed by atoms with Crippen molar-refractivity contribution in [2.45, 2.75) is 46.1 Å². The van der Waals surface area contributed by atoms with E-state index in [1.165, 1.54) is 37.3 Å². The Kier molecular flexibility index (Phi) is 5.95. The summed E-state index contributed by atoms with van der Waals surface area (Å²) in [4.78, 5) is 0. The van der Waals surface area contributed by atoms with E-state index < -0.39 is 0 Å². The second-order valence-electron chi connectivity index (χ2n) is 4.83. The number of nitrogens with one attached hydrogen (secondary N) is 1. The van der Waals surface area contributed by atoms with E-state index in [1.807, 2.05) is 0 Å². The van der Waals surface area contributed by atoms with Crippen molar-refractivity contribution in [1.29, 1.82) is 0 Å². The van der Waals surface area contributed by atoms with E-state index in [2.05, 4.69) is 37.8 Å². The fraction of sp³-hybridized carbons (Fsp3) is 1.00. The molecule has 1 nitrogen and oxygen atoms in total. The van der Waals surface area contributed by atoms with Crippen molar-refractivity contribution in [1.82, 2.24) is 5.32 Å². The molecule has 0 amide bonds. The Balaban J connectivity index is 2.21. The van der Waals surface area contributed by atoms with Crippen LogP contribution in [0.5, 0.6) is 0 Å². The van der Waals surface area contributed by atoms with E-state index >= 15 is 0 Å². The molecule has 0 radical (unpaired) electrons. The van der Waals surface area contributed by atoms with E-state index in [0.29, 0.717) is 0 Å². The first-order valence-electron chi connectivity index (χ1n) is 6.05. The molecule has 0 bridgehead atoms. The first-order valence-corrected chi connectivity index (χ1v) is 7.20. The van der Waals surface area contributed by atoms with Crippen LogP contribution in [0.4, 0.5) is 0 Å². The van der Waals surface area contributed by atoms with Gasteiger partial charge in [-0.15, -0.1) is 0 Å². The third-order valence-electron chi connectivity index (χ3n) is 2.97. The molecular weight excluding hydrogens is 190 g/mol. The van der Waals surface area contributed by atoms with Crippen LogP contribution >= 0.6 is 11.8 Å². The number of hydrogen-bond acceptors (Lipinski definition) is 2. The van der Waals surface area contributed by atoms with E-state index in [1.54, 1.807) is 0 Å². The smallest absolute Gasteiger partial charge is 0.0194 e. The summed E-state index contributed by atoms with van der Waals surface area (Å²) in [6, 6.07) is 0.804. The van der Waals surface area contributed by atoms with Gasteiger partial charge in [0.25, 0.3) is 0 Å². The van der Waals surface area contributed by atoms with Crippen LogP contribution in [0.25, 0.3) is 0 Å². The Morgan fingerprint density at radius 1 is 1.36 bits per heavy atom. The molecule has 1 heterocycles. The summed E-state index contributed by atoms with van der Waals surface area (Å²) in [7, 11) is 0. The second kappa shape index (κ2) is 6.73. The number of hydrogen-bond donors (Lipinski definition) is 1. The molecule has 1 saturated heterocycles. The van der Waals surface area contributed by atoms with Gasteiger partial charge in [0, 0.05) is 11.8 Å². The zero-order valence-corrected chi connectivity index (χ0v) is 10.7. The van der Waals surface area contributed by atoms with Crippen LogP contribution in [0.2, 0.25) is 0 Å². The first-order chi connectivity index (χ1) is 6.74. The van der Waals surface area contributed by atoms with Crippen molar-refractivity contribution in [2.24, 2.45) is 11.8 Å². The van der Waals surface area contributed by atoms with Crippen LogP contribution < -0.4 is 5.32 Å². The molecule has 0 saturated carbocycles. The van der Waals surface area contributed by atoms with Crippen LogP contribution in [-0.2, 0) is 0 Å². The summed E-state index contributed by atoms with van der Waals surface area (Å²) in [5.74, 6) is 4.53. The van der Waals surface area contributed by atoms with Gasteiger partial charge in [-0.05, 0) is 37.0 Å². The van der Waals surface area contributed by atoms with Crippen molar-refractivity contribution in [3.05, 3.63) is 0 Å². The minimum Gasteiger partial charge on any atom is -0.313 e. The molecule has 84 valence electrons. The van der Waals surface area contributed by atoms with Gasteiger partial charge in [0.2, 0.25) is 0 Å². The molecule has 1 aliphatic rings. The zero-order chi connectivity index (χ0) is 10.4. The van der Waals surface area contributed by atoms with Crippen LogP contribution in [-0.4, -0.2) is 24.1 Å². The van der Waals surface area contributed by atoms with Crippen molar-refractivity contribution in [3.8, 4) is 0 Å². The lowest BCUT2D eigenvalue weighted by atomic mass is 9.94. The normalized spacial score (nSPS) is 27.4. The van der Waals surface area contributed by atoms with Crippen LogP contribution in [0.1, 0.15) is 40.0 Å². The minimum absolute atomic E-state index is 0.804. The molecule has 14 heavy (non-hydrogen) atoms. The summed E-state index contributed by atoms with van der Waals surface area (Å²) >= 11 is 2.13. The van der Waals surface area contributed by atoms with Crippen LogP contribution in [0.15, 0.2) is 0 Å². The van der Waals surface area contributed by atoms with Gasteiger partial charge in [-0.2, -0.15) is 11.8 Å². The molecular formula is C12H25NS. The Morgan fingerprint density at radius 3 is 2.79 bits per heavy atom. The van der Waals surface area contributed by atoms with Crippen molar-refractivity contribution in [2.75, 3.05) is 18.1 Å². The number of rotatable bonds is 6. The third kappa shape index (κ3) is 4.22. The molecule has 0 aromatic heterocycles. The molecule has 1 fully saturated rings. The largest absolute Gasteiger partial charge is 0.313 e. The monoisotopic (exact) mass is 215 g/mol. The highest BCUT2D eigenvalue weighted by molar-refractivity contribution is 7.99. The zero-order valence-electron chi connectivity index (χ0n) is 9.88. The molecule has 1 N–H and O–H groups in total. The predicted octanol–water partition coefficient (Wildman–Crippen LogP) is 3.15. The fourth-order valence-corrected chi connectivity index (χ4v) is 3.47. The van der Waals surface area contributed by atoms with E-state index in [9.17, 15) is 0 Å². The molecule has 0 aromatic rings. The standard InChI is InChI=1S/C12H25NS/c1-4-7-13-12-9-14-8-11(12)6-5-10(2)3/h10-13H,4-9H2,1-3H3. The summed E-state index contributed by atoms with van der Waals surface area (Å²) in [6.45, 7) is 8.11. The molecule has 2 atom stereocenters. The van der Waals surface area contributed by atoms with Crippen LogP contribution in [0.3, 0.4) is 0 Å². The lowest BCUT2D eigenvalue weighted by molar-refractivity contribution is 0.374. The summed E-state index contributed by atoms with van der Waals surface area (Å²) in [6.07, 6.45) is 4.08. The van der Waals surface area contributed by atoms with Crippen LogP contribution in [0, 0.1) is 11.8 Å². The molecule has 2 heteroatoms. The Morgan fingerprint density at radius 2 is 2.14 bits per heavy atom. The quantitative estimate of drug-likeness (QED) is 0.730. The van der Waals surface area contributed by atoms with Crippen molar-refractivity contribution < 1.29 is 0 Å². The number of thioether (sulfide) groups is 1. The average Bonchev–Trinajstić information content (AvgIpc) is 2.58. The third-order valence-corrected chi connectivity index (χ3v) is 4.23. The summed E-state index contributed by atoms with van der Waals surface area (Å²) in [5, 5.41) is 3.68. The second-order valence-corrected chi connectivity index (χ2v) is 5.90. The summed E-state index contributed by atoms with van der Waals surface area (Å²) < 4.78 is 0. The molecule has 0 aromatic carbocycles. The maximum absolute atomic E-state index is 3.68. The first kappa shape index (κ1) is 12.4. The van der Waals surface area contributed by atoms with Gasteiger partial charge >= 0.3 is 0 Å². The lowest BCUT2D eigenvalue weighted by Crippen LogP contribution is -2.35. The molecule has 1 aliphatic heterocycles. The summed E-state index contributed by atoms with van der Waals surface area (Å²) in [5.41, 5.74) is 0. The van der Waals surface area contributed by atoms with Crippen molar-refractivity contribution in [3.63, 3.8) is 0 Å². The molecule has 2 unspecified atom stereocenters. The SMILES string of the molecule is CCCNC1CSCC1CCC(C)C. The lowest BCUT2D eigenvalue weighted by Gasteiger charge is -2.20. The van der Waals surface area contributed by atoms with E-state index in [0.717, 1.165) is 17.9 Å². The highest BCUT2D eigenvalue weighted by Crippen LogP contribution is 2.28. The van der Waals surface area contributed by atoms with Gasteiger partial charge in [-0.25, -0.2) is 0 Å². The molecule has 0 spiro atoms. The molecule has 1 rings (SSSR count). The van der Waals surface area contributed by atoms with Gasteiger partial charge in [0.05, 0.1) is 0 Å². The highest BCUT2D eigenvalue weighted by Gasteiger charge is 2.26. The van der Waals surface area contributed by atoms with Gasteiger partial charge in [0.1, 0.15) is 0 Å². The minimum atomic E-state index is 0.804. The van der Waals surface area contributed by atoms with Gasteiger partial charge in [-0.3, -0.25) is 0 Å². The Bertz CT molecular complexity index is 147.